The number of aryl methyl sites for hydroxylation is 2. The van der Waals surface area contributed by atoms with E-state index in [0.717, 1.165) is 48.8 Å². The van der Waals surface area contributed by atoms with E-state index in [2.05, 4.69) is 21.9 Å². The molecule has 2 aromatic carbocycles. The van der Waals surface area contributed by atoms with E-state index in [9.17, 15) is 5.11 Å². The van der Waals surface area contributed by atoms with Crippen LogP contribution in [0, 0.1) is 13.8 Å². The summed E-state index contributed by atoms with van der Waals surface area (Å²) in [5.41, 5.74) is 3.43. The summed E-state index contributed by atoms with van der Waals surface area (Å²) in [6.45, 7) is 8.82. The molecule has 0 spiro atoms. The van der Waals surface area contributed by atoms with Gasteiger partial charge in [-0.25, -0.2) is 0 Å². The molecule has 146 valence electrons. The van der Waals surface area contributed by atoms with Crippen LogP contribution in [0.4, 0.5) is 5.69 Å². The second-order valence-electron chi connectivity index (χ2n) is 7.17. The maximum atomic E-state index is 10.4. The lowest BCUT2D eigenvalue weighted by atomic mass is 10.1. The number of ether oxygens (including phenoxy) is 2. The normalized spacial score (nSPS) is 16.2. The number of para-hydroxylation sites is 1. The first-order valence-electron chi connectivity index (χ1n) is 9.55. The SMILES string of the molecule is COc1ccc(N2CCN(C[C@H](O)COc3c(C)cccc3C)CC2)cc1. The topological polar surface area (TPSA) is 45.2 Å². The summed E-state index contributed by atoms with van der Waals surface area (Å²) in [5.74, 6) is 1.77. The van der Waals surface area contributed by atoms with Crippen molar-refractivity contribution in [1.82, 2.24) is 4.90 Å². The Kier molecular flexibility index (Phi) is 6.58. The highest BCUT2D eigenvalue weighted by Crippen LogP contribution is 2.23. The minimum Gasteiger partial charge on any atom is -0.497 e. The highest BCUT2D eigenvalue weighted by atomic mass is 16.5. The molecule has 2 aromatic rings. The third-order valence-electron chi connectivity index (χ3n) is 5.11. The van der Waals surface area contributed by atoms with Crippen molar-refractivity contribution in [2.75, 3.05) is 51.3 Å². The zero-order chi connectivity index (χ0) is 19.2. The Balaban J connectivity index is 1.44. The maximum Gasteiger partial charge on any atom is 0.125 e. The molecule has 5 nitrogen and oxygen atoms in total. The molecule has 1 saturated heterocycles. The zero-order valence-corrected chi connectivity index (χ0v) is 16.5. The smallest absolute Gasteiger partial charge is 0.125 e. The van der Waals surface area contributed by atoms with Crippen LogP contribution in [0.25, 0.3) is 0 Å². The van der Waals surface area contributed by atoms with Gasteiger partial charge < -0.3 is 19.5 Å². The highest BCUT2D eigenvalue weighted by Gasteiger charge is 2.20. The third-order valence-corrected chi connectivity index (χ3v) is 5.11. The Morgan fingerprint density at radius 1 is 0.963 bits per heavy atom. The largest absolute Gasteiger partial charge is 0.497 e. The molecule has 1 fully saturated rings. The highest BCUT2D eigenvalue weighted by molar-refractivity contribution is 5.49. The first-order valence-corrected chi connectivity index (χ1v) is 9.55. The number of aliphatic hydroxyl groups is 1. The monoisotopic (exact) mass is 370 g/mol. The van der Waals surface area contributed by atoms with Crippen molar-refractivity contribution >= 4 is 5.69 Å². The van der Waals surface area contributed by atoms with Crippen LogP contribution in [0.5, 0.6) is 11.5 Å². The second-order valence-corrected chi connectivity index (χ2v) is 7.17. The summed E-state index contributed by atoms with van der Waals surface area (Å²) in [6.07, 6.45) is -0.489. The number of methoxy groups -OCH3 is 1. The molecule has 0 radical (unpaired) electrons. The molecular weight excluding hydrogens is 340 g/mol. The lowest BCUT2D eigenvalue weighted by Gasteiger charge is -2.37. The van der Waals surface area contributed by atoms with Crippen LogP contribution in [0.2, 0.25) is 0 Å². The molecule has 1 N–H and O–H groups in total. The Morgan fingerprint density at radius 3 is 2.19 bits per heavy atom. The molecule has 0 amide bonds. The van der Waals surface area contributed by atoms with Crippen LogP contribution < -0.4 is 14.4 Å². The Labute approximate surface area is 162 Å². The minimum atomic E-state index is -0.489. The number of hydrogen-bond donors (Lipinski definition) is 1. The number of benzene rings is 2. The number of aliphatic hydroxyl groups excluding tert-OH is 1. The summed E-state index contributed by atoms with van der Waals surface area (Å²) in [7, 11) is 1.68. The fraction of sp³-hybridized carbons (Fsp3) is 0.455. The van der Waals surface area contributed by atoms with E-state index >= 15 is 0 Å². The van der Waals surface area contributed by atoms with E-state index in [4.69, 9.17) is 9.47 Å². The van der Waals surface area contributed by atoms with Crippen molar-refractivity contribution in [3.05, 3.63) is 53.6 Å². The Morgan fingerprint density at radius 2 is 1.59 bits per heavy atom. The van der Waals surface area contributed by atoms with Crippen molar-refractivity contribution in [3.8, 4) is 11.5 Å². The van der Waals surface area contributed by atoms with E-state index in [1.165, 1.54) is 5.69 Å². The summed E-state index contributed by atoms with van der Waals surface area (Å²) in [6, 6.07) is 14.3. The van der Waals surface area contributed by atoms with E-state index in [1.807, 2.05) is 44.2 Å². The summed E-state index contributed by atoms with van der Waals surface area (Å²) < 4.78 is 11.1. The molecular formula is C22H30N2O3. The Bertz CT molecular complexity index is 705. The molecule has 1 heterocycles. The summed E-state index contributed by atoms with van der Waals surface area (Å²) in [5, 5.41) is 10.4. The van der Waals surface area contributed by atoms with Gasteiger partial charge in [-0.15, -0.1) is 0 Å². The lowest BCUT2D eigenvalue weighted by Crippen LogP contribution is -2.49. The molecule has 3 rings (SSSR count). The molecule has 0 unspecified atom stereocenters. The van der Waals surface area contributed by atoms with Crippen LogP contribution in [0.3, 0.4) is 0 Å². The summed E-state index contributed by atoms with van der Waals surface area (Å²) in [4.78, 5) is 4.67. The van der Waals surface area contributed by atoms with Crippen LogP contribution in [-0.2, 0) is 0 Å². The van der Waals surface area contributed by atoms with E-state index < -0.39 is 6.10 Å². The fourth-order valence-corrected chi connectivity index (χ4v) is 3.54. The van der Waals surface area contributed by atoms with E-state index in [-0.39, 0.29) is 0 Å². The van der Waals surface area contributed by atoms with Gasteiger partial charge in [-0.3, -0.25) is 4.90 Å². The van der Waals surface area contributed by atoms with Crippen LogP contribution >= 0.6 is 0 Å². The van der Waals surface area contributed by atoms with Crippen molar-refractivity contribution in [3.63, 3.8) is 0 Å². The first-order chi connectivity index (χ1) is 13.1. The van der Waals surface area contributed by atoms with Crippen molar-refractivity contribution < 1.29 is 14.6 Å². The van der Waals surface area contributed by atoms with Crippen LogP contribution in [-0.4, -0.2) is 62.6 Å². The lowest BCUT2D eigenvalue weighted by molar-refractivity contribution is 0.0658. The molecule has 0 bridgehead atoms. The standard InChI is InChI=1S/C22H30N2O3/c1-17-5-4-6-18(2)22(17)27-16-20(25)15-23-11-13-24(14-12-23)19-7-9-21(26-3)10-8-19/h4-10,20,25H,11-16H2,1-3H3/t20-/m0/s1. The van der Waals surface area contributed by atoms with Gasteiger partial charge in [-0.1, -0.05) is 18.2 Å². The Hall–Kier alpha value is -2.24. The maximum absolute atomic E-state index is 10.4. The van der Waals surface area contributed by atoms with Gasteiger partial charge in [0.15, 0.2) is 0 Å². The van der Waals surface area contributed by atoms with Gasteiger partial charge in [0.1, 0.15) is 24.2 Å². The number of anilines is 1. The average molecular weight is 370 g/mol. The quantitative estimate of drug-likeness (QED) is 0.812. The third kappa shape index (κ3) is 5.15. The molecule has 27 heavy (non-hydrogen) atoms. The van der Waals surface area contributed by atoms with Gasteiger partial charge in [0.2, 0.25) is 0 Å². The minimum absolute atomic E-state index is 0.324. The molecule has 5 heteroatoms. The fourth-order valence-electron chi connectivity index (χ4n) is 3.54. The number of rotatable bonds is 7. The van der Waals surface area contributed by atoms with Crippen molar-refractivity contribution in [2.45, 2.75) is 20.0 Å². The van der Waals surface area contributed by atoms with E-state index in [1.54, 1.807) is 7.11 Å². The second kappa shape index (κ2) is 9.11. The number of nitrogens with zero attached hydrogens (tertiary/aromatic N) is 2. The average Bonchev–Trinajstić information content (AvgIpc) is 2.68. The zero-order valence-electron chi connectivity index (χ0n) is 16.5. The van der Waals surface area contributed by atoms with Crippen molar-refractivity contribution in [2.24, 2.45) is 0 Å². The molecule has 1 atom stereocenters. The first kappa shape index (κ1) is 19.5. The van der Waals surface area contributed by atoms with Crippen LogP contribution in [0.1, 0.15) is 11.1 Å². The van der Waals surface area contributed by atoms with Crippen LogP contribution in [0.15, 0.2) is 42.5 Å². The van der Waals surface area contributed by atoms with Gasteiger partial charge in [0.05, 0.1) is 7.11 Å². The number of piperazine rings is 1. The predicted molar refractivity (Wildman–Crippen MR) is 109 cm³/mol. The molecule has 0 saturated carbocycles. The van der Waals surface area contributed by atoms with Gasteiger partial charge in [0, 0.05) is 38.4 Å². The summed E-state index contributed by atoms with van der Waals surface area (Å²) >= 11 is 0. The molecule has 0 aliphatic carbocycles. The number of β-amino-alcohol motifs (C(OH)–C–C–N with tert-alkyl or cyclic N) is 1. The molecule has 1 aliphatic heterocycles. The predicted octanol–water partition coefficient (Wildman–Crippen LogP) is 2.87. The van der Waals surface area contributed by atoms with Gasteiger partial charge in [-0.2, -0.15) is 0 Å². The number of hydrogen-bond acceptors (Lipinski definition) is 5. The van der Waals surface area contributed by atoms with Crippen molar-refractivity contribution in [1.29, 1.82) is 0 Å². The van der Waals surface area contributed by atoms with Gasteiger partial charge in [0.25, 0.3) is 0 Å². The molecule has 1 aliphatic rings. The van der Waals surface area contributed by atoms with Gasteiger partial charge >= 0.3 is 0 Å². The van der Waals surface area contributed by atoms with Gasteiger partial charge in [-0.05, 0) is 49.2 Å². The molecule has 0 aromatic heterocycles. The van der Waals surface area contributed by atoms with E-state index in [0.29, 0.717) is 13.2 Å².